The van der Waals surface area contributed by atoms with Gasteiger partial charge in [-0.1, -0.05) is 24.3 Å². The van der Waals surface area contributed by atoms with E-state index >= 15 is 0 Å². The summed E-state index contributed by atoms with van der Waals surface area (Å²) in [4.78, 5) is 4.77. The lowest BCUT2D eigenvalue weighted by atomic mass is 10.1. The number of guanidine groups is 1. The summed E-state index contributed by atoms with van der Waals surface area (Å²) in [5, 5.41) is 6.77. The van der Waals surface area contributed by atoms with E-state index in [0.29, 0.717) is 38.9 Å². The van der Waals surface area contributed by atoms with Crippen LogP contribution in [0, 0.1) is 0 Å². The van der Waals surface area contributed by atoms with Crippen molar-refractivity contribution in [2.75, 3.05) is 32.2 Å². The molecule has 0 saturated heterocycles. The molecule has 7 nitrogen and oxygen atoms in total. The minimum atomic E-state index is 0.550. The van der Waals surface area contributed by atoms with Gasteiger partial charge in [-0.15, -0.1) is 0 Å². The second-order valence-corrected chi connectivity index (χ2v) is 7.51. The fourth-order valence-electron chi connectivity index (χ4n) is 3.35. The molecule has 0 fully saturated rings. The van der Waals surface area contributed by atoms with E-state index in [-0.39, 0.29) is 0 Å². The van der Waals surface area contributed by atoms with Gasteiger partial charge in [0.2, 0.25) is 0 Å². The Morgan fingerprint density at radius 3 is 2.59 bits per heavy atom. The topological polar surface area (TPSA) is 77.2 Å². The van der Waals surface area contributed by atoms with E-state index in [1.807, 2.05) is 30.3 Å². The van der Waals surface area contributed by atoms with Crippen LogP contribution in [0.1, 0.15) is 23.3 Å². The first kappa shape index (κ1) is 21.8. The van der Waals surface area contributed by atoms with Gasteiger partial charge in [0, 0.05) is 38.2 Å². The van der Waals surface area contributed by atoms with Gasteiger partial charge in [-0.3, -0.25) is 0 Å². The Labute approximate surface area is 188 Å². The molecule has 0 unspecified atom stereocenters. The lowest BCUT2D eigenvalue weighted by molar-refractivity contribution is 0.185. The van der Waals surface area contributed by atoms with Crippen LogP contribution in [0.3, 0.4) is 0 Å². The van der Waals surface area contributed by atoms with Gasteiger partial charge in [0.1, 0.15) is 5.76 Å². The zero-order valence-electron chi connectivity index (χ0n) is 18.3. The number of anilines is 1. The molecule has 1 aliphatic rings. The first-order chi connectivity index (χ1) is 15.8. The van der Waals surface area contributed by atoms with Crippen molar-refractivity contribution in [2.24, 2.45) is 4.99 Å². The van der Waals surface area contributed by atoms with Crippen LogP contribution < -0.4 is 20.1 Å². The van der Waals surface area contributed by atoms with Gasteiger partial charge in [0.25, 0.3) is 0 Å². The molecule has 4 rings (SSSR count). The van der Waals surface area contributed by atoms with Crippen molar-refractivity contribution in [1.29, 1.82) is 0 Å². The first-order valence-electron chi connectivity index (χ1n) is 10.8. The zero-order valence-corrected chi connectivity index (χ0v) is 18.3. The Balaban J connectivity index is 1.45. The van der Waals surface area contributed by atoms with Crippen LogP contribution >= 0.6 is 0 Å². The summed E-state index contributed by atoms with van der Waals surface area (Å²) < 4.78 is 22.1. The smallest absolute Gasteiger partial charge is 0.196 e. The predicted octanol–water partition coefficient (Wildman–Crippen LogP) is 4.39. The van der Waals surface area contributed by atoms with Crippen molar-refractivity contribution >= 4 is 11.6 Å². The number of hydrogen-bond donors (Lipinski definition) is 2. The average molecular weight is 436 g/mol. The van der Waals surface area contributed by atoms with Crippen LogP contribution in [0.2, 0.25) is 0 Å². The third kappa shape index (κ3) is 6.28. The summed E-state index contributed by atoms with van der Waals surface area (Å²) >= 11 is 0. The molecule has 0 radical (unpaired) electrons. The monoisotopic (exact) mass is 435 g/mol. The van der Waals surface area contributed by atoms with Gasteiger partial charge in [-0.05, 0) is 35.4 Å². The summed E-state index contributed by atoms with van der Waals surface area (Å²) in [5.41, 5.74) is 3.15. The Morgan fingerprint density at radius 2 is 1.81 bits per heavy atom. The number of ether oxygens (including phenoxy) is 3. The lowest BCUT2D eigenvalue weighted by Crippen LogP contribution is -2.32. The molecule has 1 aliphatic heterocycles. The van der Waals surface area contributed by atoms with E-state index in [0.717, 1.165) is 46.9 Å². The van der Waals surface area contributed by atoms with Crippen molar-refractivity contribution in [3.05, 3.63) is 77.7 Å². The third-order valence-electron chi connectivity index (χ3n) is 5.01. The van der Waals surface area contributed by atoms with Crippen molar-refractivity contribution in [3.63, 3.8) is 0 Å². The first-order valence-corrected chi connectivity index (χ1v) is 10.8. The third-order valence-corrected chi connectivity index (χ3v) is 5.01. The summed E-state index contributed by atoms with van der Waals surface area (Å²) in [5.74, 6) is 3.14. The Hall–Kier alpha value is -3.45. The largest absolute Gasteiger partial charge is 0.490 e. The molecule has 32 heavy (non-hydrogen) atoms. The van der Waals surface area contributed by atoms with E-state index in [1.165, 1.54) is 0 Å². The molecule has 0 spiro atoms. The highest BCUT2D eigenvalue weighted by Crippen LogP contribution is 2.32. The van der Waals surface area contributed by atoms with Crippen LogP contribution in [-0.4, -0.2) is 32.8 Å². The standard InChI is InChI=1S/C25H29N3O4/c1-29-18-20-7-5-19(6-8-20)17-27-25(26-12-11-22-4-2-13-30-22)28-21-9-10-23-24(16-21)32-15-3-14-31-23/h2,4-10,13,16H,3,11-12,14-15,17-18H2,1H3,(H2,26,27,28). The molecule has 2 N–H and O–H groups in total. The van der Waals surface area contributed by atoms with E-state index in [4.69, 9.17) is 23.6 Å². The number of fused-ring (bicyclic) bond motifs is 1. The number of nitrogens with zero attached hydrogens (tertiary/aromatic N) is 1. The van der Waals surface area contributed by atoms with E-state index in [2.05, 4.69) is 34.9 Å². The average Bonchev–Trinajstić information content (AvgIpc) is 3.22. The number of benzene rings is 2. The molecule has 168 valence electrons. The highest BCUT2D eigenvalue weighted by Gasteiger charge is 2.11. The van der Waals surface area contributed by atoms with Gasteiger partial charge in [0.15, 0.2) is 17.5 Å². The number of hydrogen-bond acceptors (Lipinski definition) is 5. The van der Waals surface area contributed by atoms with Crippen LogP contribution in [0.15, 0.2) is 70.3 Å². The van der Waals surface area contributed by atoms with Crippen molar-refractivity contribution in [2.45, 2.75) is 26.0 Å². The van der Waals surface area contributed by atoms with Crippen LogP contribution in [0.5, 0.6) is 11.5 Å². The molecule has 2 heterocycles. The van der Waals surface area contributed by atoms with Gasteiger partial charge in [0.05, 0.1) is 32.6 Å². The summed E-state index contributed by atoms with van der Waals surface area (Å²) in [6.07, 6.45) is 3.33. The maximum atomic E-state index is 5.81. The lowest BCUT2D eigenvalue weighted by Gasteiger charge is -2.14. The minimum absolute atomic E-state index is 0.550. The molecule has 0 amide bonds. The van der Waals surface area contributed by atoms with Gasteiger partial charge < -0.3 is 29.3 Å². The van der Waals surface area contributed by atoms with E-state index in [9.17, 15) is 0 Å². The Morgan fingerprint density at radius 1 is 1.00 bits per heavy atom. The number of methoxy groups -OCH3 is 1. The molecule has 1 aromatic heterocycles. The molecular weight excluding hydrogens is 406 g/mol. The predicted molar refractivity (Wildman–Crippen MR) is 124 cm³/mol. The minimum Gasteiger partial charge on any atom is -0.490 e. The highest BCUT2D eigenvalue weighted by molar-refractivity contribution is 5.94. The number of nitrogens with one attached hydrogen (secondary N) is 2. The van der Waals surface area contributed by atoms with Gasteiger partial charge >= 0.3 is 0 Å². The van der Waals surface area contributed by atoms with Gasteiger partial charge in [-0.25, -0.2) is 4.99 Å². The highest BCUT2D eigenvalue weighted by atomic mass is 16.5. The zero-order chi connectivity index (χ0) is 22.0. The van der Waals surface area contributed by atoms with Crippen LogP contribution in [0.25, 0.3) is 0 Å². The maximum Gasteiger partial charge on any atom is 0.196 e. The summed E-state index contributed by atoms with van der Waals surface area (Å²) in [7, 11) is 1.70. The van der Waals surface area contributed by atoms with Crippen LogP contribution in [-0.2, 0) is 24.3 Å². The second kappa shape index (κ2) is 11.2. The molecular formula is C25H29N3O4. The van der Waals surface area contributed by atoms with Crippen molar-refractivity contribution in [3.8, 4) is 11.5 Å². The molecule has 0 atom stereocenters. The SMILES string of the molecule is COCc1ccc(CN=C(NCCc2ccco2)Nc2ccc3c(c2)OCCCO3)cc1. The van der Waals surface area contributed by atoms with Crippen LogP contribution in [0.4, 0.5) is 5.69 Å². The molecule has 2 aromatic carbocycles. The quantitative estimate of drug-likeness (QED) is 0.404. The van der Waals surface area contributed by atoms with E-state index < -0.39 is 0 Å². The molecule has 0 aliphatic carbocycles. The second-order valence-electron chi connectivity index (χ2n) is 7.51. The summed E-state index contributed by atoms with van der Waals surface area (Å²) in [6.45, 7) is 3.17. The van der Waals surface area contributed by atoms with Crippen molar-refractivity contribution in [1.82, 2.24) is 5.32 Å². The Kier molecular flexibility index (Phi) is 7.65. The molecule has 0 saturated carbocycles. The number of rotatable bonds is 8. The molecule has 0 bridgehead atoms. The number of furan rings is 1. The normalized spacial score (nSPS) is 13.5. The molecule has 3 aromatic rings. The number of aliphatic imine (C=N–C) groups is 1. The fraction of sp³-hybridized carbons (Fsp3) is 0.320. The van der Waals surface area contributed by atoms with Crippen molar-refractivity contribution < 1.29 is 18.6 Å². The molecule has 7 heteroatoms. The fourth-order valence-corrected chi connectivity index (χ4v) is 3.35. The van der Waals surface area contributed by atoms with E-state index in [1.54, 1.807) is 13.4 Å². The Bertz CT molecular complexity index is 1000. The van der Waals surface area contributed by atoms with Gasteiger partial charge in [-0.2, -0.15) is 0 Å². The summed E-state index contributed by atoms with van der Waals surface area (Å²) in [6, 6.07) is 18.0. The maximum absolute atomic E-state index is 5.81.